The van der Waals surface area contributed by atoms with Crippen LogP contribution < -0.4 is 10.0 Å². The van der Waals surface area contributed by atoms with Crippen molar-refractivity contribution in [3.8, 4) is 6.07 Å². The molecule has 0 spiro atoms. The Labute approximate surface area is 172 Å². The Morgan fingerprint density at radius 1 is 1.21 bits per heavy atom. The Hall–Kier alpha value is -2.44. The van der Waals surface area contributed by atoms with Crippen molar-refractivity contribution in [2.45, 2.75) is 58.4 Å². The predicted octanol–water partition coefficient (Wildman–Crippen LogP) is 1.88. The van der Waals surface area contributed by atoms with Gasteiger partial charge in [-0.25, -0.2) is 13.1 Å². The van der Waals surface area contributed by atoms with Gasteiger partial charge in [-0.1, -0.05) is 31.5 Å². The van der Waals surface area contributed by atoms with Crippen LogP contribution in [0.25, 0.3) is 0 Å². The maximum atomic E-state index is 12.5. The maximum Gasteiger partial charge on any atom is 0.307 e. The number of nitrogens with one attached hydrogen (secondary N) is 2. The number of carbonyl (C=O) groups is 2. The SMILES string of the molecule is Cc1cc(C)c(S(=O)(=O)NCCC(=O)OCC(=O)N[C@](C)(C#N)C(C)C)c(C)c1. The lowest BCUT2D eigenvalue weighted by atomic mass is 9.90. The number of hydrogen-bond donors (Lipinski definition) is 2. The molecule has 0 saturated carbocycles. The molecule has 1 aromatic carbocycles. The van der Waals surface area contributed by atoms with Gasteiger partial charge in [0.1, 0.15) is 5.54 Å². The number of aryl methyl sites for hydroxylation is 3. The van der Waals surface area contributed by atoms with Crippen molar-refractivity contribution in [1.82, 2.24) is 10.0 Å². The van der Waals surface area contributed by atoms with Crippen LogP contribution in [0.1, 0.15) is 43.9 Å². The number of esters is 1. The van der Waals surface area contributed by atoms with Gasteiger partial charge in [-0.15, -0.1) is 0 Å². The molecule has 0 aliphatic rings. The number of amides is 1. The predicted molar refractivity (Wildman–Crippen MR) is 108 cm³/mol. The van der Waals surface area contributed by atoms with Gasteiger partial charge in [0.2, 0.25) is 10.0 Å². The molecule has 1 amide bonds. The van der Waals surface area contributed by atoms with E-state index in [9.17, 15) is 23.3 Å². The normalized spacial score (nSPS) is 13.4. The Kier molecular flexibility index (Phi) is 8.36. The summed E-state index contributed by atoms with van der Waals surface area (Å²) in [4.78, 5) is 23.9. The number of nitriles is 1. The second-order valence-corrected chi connectivity index (χ2v) is 9.26. The summed E-state index contributed by atoms with van der Waals surface area (Å²) in [6.07, 6.45) is -0.226. The van der Waals surface area contributed by atoms with Crippen LogP contribution in [-0.2, 0) is 24.3 Å². The van der Waals surface area contributed by atoms with E-state index in [0.717, 1.165) is 5.56 Å². The molecular weight excluding hydrogens is 394 g/mol. The molecule has 8 nitrogen and oxygen atoms in total. The zero-order valence-corrected chi connectivity index (χ0v) is 18.6. The van der Waals surface area contributed by atoms with E-state index in [4.69, 9.17) is 4.74 Å². The monoisotopic (exact) mass is 423 g/mol. The Morgan fingerprint density at radius 3 is 2.24 bits per heavy atom. The first-order valence-corrected chi connectivity index (χ1v) is 10.8. The first-order valence-electron chi connectivity index (χ1n) is 9.27. The number of nitrogens with zero attached hydrogens (tertiary/aromatic N) is 1. The molecule has 0 bridgehead atoms. The molecule has 1 rings (SSSR count). The van der Waals surface area contributed by atoms with Crippen molar-refractivity contribution in [1.29, 1.82) is 5.26 Å². The molecule has 0 aliphatic carbocycles. The van der Waals surface area contributed by atoms with Crippen molar-refractivity contribution in [2.24, 2.45) is 5.92 Å². The van der Waals surface area contributed by atoms with E-state index in [2.05, 4.69) is 10.0 Å². The minimum Gasteiger partial charge on any atom is -0.456 e. The lowest BCUT2D eigenvalue weighted by molar-refractivity contribution is -0.148. The van der Waals surface area contributed by atoms with Gasteiger partial charge < -0.3 is 10.1 Å². The quantitative estimate of drug-likeness (QED) is 0.584. The van der Waals surface area contributed by atoms with Crippen LogP contribution in [0.15, 0.2) is 17.0 Å². The van der Waals surface area contributed by atoms with E-state index in [-0.39, 0.29) is 23.8 Å². The van der Waals surface area contributed by atoms with E-state index in [1.165, 1.54) is 0 Å². The van der Waals surface area contributed by atoms with Gasteiger partial charge in [-0.2, -0.15) is 5.26 Å². The van der Waals surface area contributed by atoms with E-state index < -0.39 is 34.0 Å². The topological polar surface area (TPSA) is 125 Å². The maximum absolute atomic E-state index is 12.5. The molecule has 160 valence electrons. The average molecular weight is 424 g/mol. The van der Waals surface area contributed by atoms with Crippen molar-refractivity contribution in [3.63, 3.8) is 0 Å². The zero-order chi connectivity index (χ0) is 22.4. The van der Waals surface area contributed by atoms with Crippen LogP contribution in [0.3, 0.4) is 0 Å². The molecule has 29 heavy (non-hydrogen) atoms. The lowest BCUT2D eigenvalue weighted by Crippen LogP contribution is -2.50. The van der Waals surface area contributed by atoms with Crippen molar-refractivity contribution in [3.05, 3.63) is 28.8 Å². The molecule has 1 aromatic rings. The highest BCUT2D eigenvalue weighted by molar-refractivity contribution is 7.89. The van der Waals surface area contributed by atoms with Crippen LogP contribution in [0.5, 0.6) is 0 Å². The summed E-state index contributed by atoms with van der Waals surface area (Å²) >= 11 is 0. The summed E-state index contributed by atoms with van der Waals surface area (Å²) in [5, 5.41) is 11.7. The highest BCUT2D eigenvalue weighted by atomic mass is 32.2. The molecule has 0 heterocycles. The number of sulfonamides is 1. The summed E-state index contributed by atoms with van der Waals surface area (Å²) in [6, 6.07) is 5.58. The van der Waals surface area contributed by atoms with E-state index in [1.807, 2.05) is 13.0 Å². The summed E-state index contributed by atoms with van der Waals surface area (Å²) in [6.45, 7) is 9.79. The molecule has 0 aliphatic heterocycles. The average Bonchev–Trinajstić information content (AvgIpc) is 2.58. The van der Waals surface area contributed by atoms with Gasteiger partial charge in [-0.05, 0) is 44.7 Å². The van der Waals surface area contributed by atoms with Crippen LogP contribution >= 0.6 is 0 Å². The van der Waals surface area contributed by atoms with Crippen LogP contribution in [0, 0.1) is 38.0 Å². The largest absolute Gasteiger partial charge is 0.456 e. The van der Waals surface area contributed by atoms with Crippen LogP contribution in [0.4, 0.5) is 0 Å². The summed E-state index contributed by atoms with van der Waals surface area (Å²) in [7, 11) is -3.78. The first-order chi connectivity index (χ1) is 13.3. The minimum absolute atomic E-state index is 0.129. The van der Waals surface area contributed by atoms with Crippen LogP contribution in [-0.4, -0.2) is 39.0 Å². The highest BCUT2D eigenvalue weighted by Crippen LogP contribution is 2.21. The van der Waals surface area contributed by atoms with Gasteiger partial charge in [0.25, 0.3) is 5.91 Å². The fourth-order valence-electron chi connectivity index (χ4n) is 2.80. The third-order valence-electron chi connectivity index (χ3n) is 4.64. The Bertz CT molecular complexity index is 896. The number of ether oxygens (including phenoxy) is 1. The fraction of sp³-hybridized carbons (Fsp3) is 0.550. The van der Waals surface area contributed by atoms with Crippen LogP contribution in [0.2, 0.25) is 0 Å². The van der Waals surface area contributed by atoms with Crippen molar-refractivity contribution >= 4 is 21.9 Å². The molecule has 0 saturated heterocycles. The van der Waals surface area contributed by atoms with E-state index in [0.29, 0.717) is 11.1 Å². The molecule has 2 N–H and O–H groups in total. The summed E-state index contributed by atoms with van der Waals surface area (Å²) in [5.74, 6) is -1.44. The molecule has 0 aromatic heterocycles. The second-order valence-electron chi connectivity index (χ2n) is 7.55. The molecular formula is C20H29N3O5S. The number of hydrogen-bond acceptors (Lipinski definition) is 6. The number of benzene rings is 1. The fourth-order valence-corrected chi connectivity index (χ4v) is 4.28. The van der Waals surface area contributed by atoms with Gasteiger partial charge in [0, 0.05) is 6.54 Å². The number of rotatable bonds is 9. The lowest BCUT2D eigenvalue weighted by Gasteiger charge is -2.27. The third kappa shape index (κ3) is 6.84. The smallest absolute Gasteiger partial charge is 0.307 e. The van der Waals surface area contributed by atoms with Gasteiger partial charge in [-0.3, -0.25) is 9.59 Å². The Balaban J connectivity index is 2.56. The molecule has 9 heteroatoms. The van der Waals surface area contributed by atoms with Gasteiger partial charge >= 0.3 is 5.97 Å². The van der Waals surface area contributed by atoms with Crippen molar-refractivity contribution < 1.29 is 22.7 Å². The number of carbonyl (C=O) groups excluding carboxylic acids is 2. The third-order valence-corrected chi connectivity index (χ3v) is 6.41. The van der Waals surface area contributed by atoms with E-state index in [1.54, 1.807) is 46.8 Å². The van der Waals surface area contributed by atoms with Crippen molar-refractivity contribution in [2.75, 3.05) is 13.2 Å². The minimum atomic E-state index is -3.78. The molecule has 0 fully saturated rings. The van der Waals surface area contributed by atoms with Gasteiger partial charge in [0.15, 0.2) is 6.61 Å². The molecule has 0 unspecified atom stereocenters. The highest BCUT2D eigenvalue weighted by Gasteiger charge is 2.30. The van der Waals surface area contributed by atoms with Gasteiger partial charge in [0.05, 0.1) is 17.4 Å². The molecule has 1 atom stereocenters. The first kappa shape index (κ1) is 24.6. The zero-order valence-electron chi connectivity index (χ0n) is 17.8. The van der Waals surface area contributed by atoms with E-state index >= 15 is 0 Å². The Morgan fingerprint density at radius 2 is 1.76 bits per heavy atom. The standard InChI is InChI=1S/C20H29N3O5S/c1-13(2)20(6,12-21)23-17(24)11-28-18(25)7-8-22-29(26,27)19-15(4)9-14(3)10-16(19)5/h9-10,13,22H,7-8,11H2,1-6H3,(H,23,24)/t20-/m1/s1. The molecule has 0 radical (unpaired) electrons. The summed E-state index contributed by atoms with van der Waals surface area (Å²) in [5.41, 5.74) is 1.15. The second kappa shape index (κ2) is 9.85. The summed E-state index contributed by atoms with van der Waals surface area (Å²) < 4.78 is 32.3.